The van der Waals surface area contributed by atoms with Crippen LogP contribution < -0.4 is 5.32 Å². The molecule has 1 aromatic rings. The van der Waals surface area contributed by atoms with Crippen LogP contribution >= 0.6 is 0 Å². The van der Waals surface area contributed by atoms with Gasteiger partial charge in [-0.3, -0.25) is 5.32 Å². The van der Waals surface area contributed by atoms with Gasteiger partial charge in [0.05, 0.1) is 5.69 Å². The van der Waals surface area contributed by atoms with E-state index >= 15 is 0 Å². The molecule has 0 bridgehead atoms. The van der Waals surface area contributed by atoms with E-state index in [9.17, 15) is 9.59 Å². The number of carbonyl (C=O) groups excluding carboxylic acids is 1. The summed E-state index contributed by atoms with van der Waals surface area (Å²) < 4.78 is 0. The normalized spacial score (nSPS) is 15.3. The Hall–Kier alpha value is -2.37. The molecule has 1 aliphatic rings. The van der Waals surface area contributed by atoms with Crippen LogP contribution in [0.3, 0.4) is 0 Å². The van der Waals surface area contributed by atoms with Crippen molar-refractivity contribution in [1.82, 2.24) is 9.88 Å². The largest absolute Gasteiger partial charge is 0.478 e. The average Bonchev–Trinajstić information content (AvgIpc) is 2.46. The minimum Gasteiger partial charge on any atom is -0.478 e. The first-order valence-electron chi connectivity index (χ1n) is 6.59. The fourth-order valence-electron chi connectivity index (χ4n) is 2.06. The van der Waals surface area contributed by atoms with Crippen LogP contribution in [-0.4, -0.2) is 40.1 Å². The van der Waals surface area contributed by atoms with Crippen molar-refractivity contribution in [2.24, 2.45) is 0 Å². The predicted molar refractivity (Wildman–Crippen MR) is 75.3 cm³/mol. The topological polar surface area (TPSA) is 82.5 Å². The van der Waals surface area contributed by atoms with Crippen molar-refractivity contribution in [2.45, 2.75) is 19.3 Å². The van der Waals surface area contributed by atoms with Gasteiger partial charge in [0.1, 0.15) is 5.82 Å². The predicted octanol–water partition coefficient (Wildman–Crippen LogP) is 2.20. The van der Waals surface area contributed by atoms with Gasteiger partial charge in [-0.05, 0) is 37.5 Å². The van der Waals surface area contributed by atoms with E-state index in [1.807, 2.05) is 0 Å². The fraction of sp³-hybridized carbons (Fsp3) is 0.357. The Morgan fingerprint density at radius 3 is 2.70 bits per heavy atom. The van der Waals surface area contributed by atoms with Crippen molar-refractivity contribution >= 4 is 23.9 Å². The summed E-state index contributed by atoms with van der Waals surface area (Å²) in [5.74, 6) is -0.609. The zero-order valence-electron chi connectivity index (χ0n) is 11.1. The maximum absolute atomic E-state index is 12.0. The summed E-state index contributed by atoms with van der Waals surface area (Å²) in [4.78, 5) is 28.4. The molecular formula is C14H17N3O3. The molecule has 1 fully saturated rings. The van der Waals surface area contributed by atoms with Crippen LogP contribution in [0, 0.1) is 0 Å². The van der Waals surface area contributed by atoms with Crippen LogP contribution in [-0.2, 0) is 4.79 Å². The number of nitrogens with one attached hydrogen (secondary N) is 1. The zero-order chi connectivity index (χ0) is 14.4. The Kier molecular flexibility index (Phi) is 4.70. The van der Waals surface area contributed by atoms with Crippen molar-refractivity contribution < 1.29 is 14.7 Å². The van der Waals surface area contributed by atoms with E-state index in [0.717, 1.165) is 38.4 Å². The fourth-order valence-corrected chi connectivity index (χ4v) is 2.06. The highest BCUT2D eigenvalue weighted by atomic mass is 16.4. The highest BCUT2D eigenvalue weighted by Gasteiger charge is 2.16. The highest BCUT2D eigenvalue weighted by Crippen LogP contribution is 2.12. The number of piperidine rings is 1. The summed E-state index contributed by atoms with van der Waals surface area (Å²) in [5.41, 5.74) is 0.490. The number of rotatable bonds is 3. The molecule has 2 heterocycles. The monoisotopic (exact) mass is 275 g/mol. The van der Waals surface area contributed by atoms with Crippen molar-refractivity contribution in [3.05, 3.63) is 30.0 Å². The number of pyridine rings is 1. The van der Waals surface area contributed by atoms with E-state index in [1.165, 1.54) is 6.08 Å². The third kappa shape index (κ3) is 4.08. The molecule has 1 aromatic heterocycles. The van der Waals surface area contributed by atoms with Crippen molar-refractivity contribution in [3.8, 4) is 0 Å². The summed E-state index contributed by atoms with van der Waals surface area (Å²) in [7, 11) is 0. The van der Waals surface area contributed by atoms with Gasteiger partial charge in [-0.1, -0.05) is 6.07 Å². The lowest BCUT2D eigenvalue weighted by molar-refractivity contribution is -0.131. The van der Waals surface area contributed by atoms with Crippen LogP contribution in [0.2, 0.25) is 0 Å². The standard InChI is InChI=1S/C14H17N3O3/c18-13(19)8-7-11-5-4-6-12(15-11)16-14(20)17-9-2-1-3-10-17/h4-8H,1-3,9-10H2,(H,18,19)(H,15,16,20). The summed E-state index contributed by atoms with van der Waals surface area (Å²) in [6.45, 7) is 1.54. The van der Waals surface area contributed by atoms with Crippen molar-refractivity contribution in [2.75, 3.05) is 18.4 Å². The van der Waals surface area contributed by atoms with E-state index in [2.05, 4.69) is 10.3 Å². The van der Waals surface area contributed by atoms with Gasteiger partial charge in [0.25, 0.3) is 0 Å². The first kappa shape index (κ1) is 14.0. The van der Waals surface area contributed by atoms with Gasteiger partial charge >= 0.3 is 12.0 Å². The Morgan fingerprint density at radius 2 is 2.00 bits per heavy atom. The highest BCUT2D eigenvalue weighted by molar-refractivity contribution is 5.88. The number of carboxylic acids is 1. The van der Waals surface area contributed by atoms with Crippen molar-refractivity contribution in [1.29, 1.82) is 0 Å². The van der Waals surface area contributed by atoms with Crippen LogP contribution in [0.1, 0.15) is 25.0 Å². The van der Waals surface area contributed by atoms with Crippen LogP contribution in [0.5, 0.6) is 0 Å². The first-order valence-corrected chi connectivity index (χ1v) is 6.59. The van der Waals surface area contributed by atoms with Gasteiger partial charge in [-0.25, -0.2) is 14.6 Å². The van der Waals surface area contributed by atoms with Gasteiger partial charge in [-0.15, -0.1) is 0 Å². The lowest BCUT2D eigenvalue weighted by Gasteiger charge is -2.26. The van der Waals surface area contributed by atoms with Crippen LogP contribution in [0.15, 0.2) is 24.3 Å². The molecule has 2 rings (SSSR count). The molecule has 106 valence electrons. The molecule has 0 aromatic carbocycles. The second kappa shape index (κ2) is 6.70. The average molecular weight is 275 g/mol. The first-order chi connectivity index (χ1) is 9.65. The van der Waals surface area contributed by atoms with Crippen LogP contribution in [0.25, 0.3) is 6.08 Å². The number of likely N-dealkylation sites (tertiary alicyclic amines) is 1. The molecule has 6 nitrogen and oxygen atoms in total. The quantitative estimate of drug-likeness (QED) is 0.828. The molecule has 2 N–H and O–H groups in total. The molecule has 20 heavy (non-hydrogen) atoms. The van der Waals surface area contributed by atoms with E-state index in [4.69, 9.17) is 5.11 Å². The summed E-state index contributed by atoms with van der Waals surface area (Å²) in [5, 5.41) is 11.3. The second-order valence-corrected chi connectivity index (χ2v) is 4.60. The van der Waals surface area contributed by atoms with E-state index in [-0.39, 0.29) is 6.03 Å². The minimum atomic E-state index is -1.03. The molecule has 0 unspecified atom stereocenters. The lowest BCUT2D eigenvalue weighted by Crippen LogP contribution is -2.38. The van der Waals surface area contributed by atoms with Gasteiger partial charge in [-0.2, -0.15) is 0 Å². The number of amides is 2. The molecule has 0 radical (unpaired) electrons. The van der Waals surface area contributed by atoms with E-state index in [0.29, 0.717) is 11.5 Å². The number of carbonyl (C=O) groups is 2. The molecule has 1 aliphatic heterocycles. The van der Waals surface area contributed by atoms with Gasteiger partial charge in [0.15, 0.2) is 0 Å². The number of anilines is 1. The molecule has 1 saturated heterocycles. The summed E-state index contributed by atoms with van der Waals surface area (Å²) in [6.07, 6.45) is 5.62. The maximum Gasteiger partial charge on any atom is 0.328 e. The molecule has 0 aliphatic carbocycles. The molecule has 0 saturated carbocycles. The SMILES string of the molecule is O=C(O)C=Cc1cccc(NC(=O)N2CCCCC2)n1. The Balaban J connectivity index is 2.00. The molecule has 0 spiro atoms. The molecule has 2 amide bonds. The summed E-state index contributed by atoms with van der Waals surface area (Å²) >= 11 is 0. The number of urea groups is 1. The third-order valence-electron chi connectivity index (χ3n) is 3.05. The van der Waals surface area contributed by atoms with Crippen molar-refractivity contribution in [3.63, 3.8) is 0 Å². The molecular weight excluding hydrogens is 258 g/mol. The van der Waals surface area contributed by atoms with E-state index < -0.39 is 5.97 Å². The lowest BCUT2D eigenvalue weighted by atomic mass is 10.1. The maximum atomic E-state index is 12.0. The Morgan fingerprint density at radius 1 is 1.25 bits per heavy atom. The second-order valence-electron chi connectivity index (χ2n) is 4.60. The molecule has 6 heteroatoms. The number of hydrogen-bond donors (Lipinski definition) is 2. The number of nitrogens with zero attached hydrogens (tertiary/aromatic N) is 2. The van der Waals surface area contributed by atoms with Gasteiger partial charge in [0, 0.05) is 19.2 Å². The summed E-state index contributed by atoms with van der Waals surface area (Å²) in [6, 6.07) is 4.92. The number of hydrogen-bond acceptors (Lipinski definition) is 3. The number of aliphatic carboxylic acids is 1. The van der Waals surface area contributed by atoms with E-state index in [1.54, 1.807) is 23.1 Å². The van der Waals surface area contributed by atoms with Crippen LogP contribution in [0.4, 0.5) is 10.6 Å². The smallest absolute Gasteiger partial charge is 0.328 e. The number of aromatic nitrogens is 1. The van der Waals surface area contributed by atoms with Gasteiger partial charge < -0.3 is 10.0 Å². The minimum absolute atomic E-state index is 0.156. The zero-order valence-corrected chi connectivity index (χ0v) is 11.1. The third-order valence-corrected chi connectivity index (χ3v) is 3.05. The Labute approximate surface area is 117 Å². The number of carboxylic acid groups (broad SMARTS) is 1. The van der Waals surface area contributed by atoms with Gasteiger partial charge in [0.2, 0.25) is 0 Å². The molecule has 0 atom stereocenters. The Bertz CT molecular complexity index is 522.